The number of likely N-dealkylation sites (N-methyl/N-ethyl adjacent to an activating group) is 1. The molecular weight excluding hydrogens is 2020 g/mol. The van der Waals surface area contributed by atoms with Gasteiger partial charge in [0.05, 0.1) is 69.3 Å². The molecule has 3 aromatic rings. The Kier molecular flexibility index (Phi) is 60.6. The van der Waals surface area contributed by atoms with Crippen molar-refractivity contribution in [2.45, 2.75) is 262 Å². The molecule has 0 spiro atoms. The van der Waals surface area contributed by atoms with Crippen LogP contribution in [-0.4, -0.2) is 467 Å². The number of H-pyrrole nitrogens is 1. The summed E-state index contributed by atoms with van der Waals surface area (Å²) in [5, 5.41) is 267. The number of aliphatic carboxylic acids is 4. The number of nitrogens with two attached hydrogens (primary N) is 2. The molecule has 0 unspecified atom stereocenters. The summed E-state index contributed by atoms with van der Waals surface area (Å²) >= 11 is 3.85. The van der Waals surface area contributed by atoms with Gasteiger partial charge in [-0.15, -0.1) is 0 Å². The number of nitrogen functional groups attached to an aromatic ring is 1. The predicted molar refractivity (Wildman–Crippen MR) is 506 cm³/mol. The van der Waals surface area contributed by atoms with Gasteiger partial charge in [-0.25, -0.2) is 24.4 Å². The number of nitrogens with one attached hydrogen (secondary N) is 16. The van der Waals surface area contributed by atoms with Crippen molar-refractivity contribution in [3.8, 4) is 0 Å². The van der Waals surface area contributed by atoms with E-state index < -0.39 is 400 Å². The summed E-state index contributed by atoms with van der Waals surface area (Å²) in [4.78, 5) is 258. The van der Waals surface area contributed by atoms with E-state index in [4.69, 9.17) is 31.9 Å². The number of rotatable bonds is 71. The van der Waals surface area contributed by atoms with Gasteiger partial charge in [-0.2, -0.15) is 17.6 Å². The first-order valence-corrected chi connectivity index (χ1v) is 46.6. The lowest BCUT2D eigenvalue weighted by molar-refractivity contribution is -0.142. The van der Waals surface area contributed by atoms with Gasteiger partial charge in [-0.05, 0) is 82.1 Å². The maximum absolute atomic E-state index is 14.3. The van der Waals surface area contributed by atoms with Crippen molar-refractivity contribution in [2.24, 2.45) is 11.7 Å². The molecule has 64 nitrogen and oxygen atoms in total. The molecule has 25 atom stereocenters. The van der Waals surface area contributed by atoms with Crippen LogP contribution in [0.4, 0.5) is 16.4 Å². The number of anilines is 2. The Balaban J connectivity index is 0.00000114. The summed E-state index contributed by atoms with van der Waals surface area (Å²) in [5.74, 6) is -20.9. The van der Waals surface area contributed by atoms with E-state index in [2.05, 4.69) is 112 Å². The topological polar surface area (TPSA) is 1100 Å². The number of carboxylic acid groups (broad SMARTS) is 4. The van der Waals surface area contributed by atoms with Crippen LogP contribution in [0.1, 0.15) is 126 Å². The Hall–Kier alpha value is -13.1. The molecule has 0 aliphatic rings. The molecule has 2 heterocycles. The summed E-state index contributed by atoms with van der Waals surface area (Å²) in [7, 11) is 1.21. The third-order valence-corrected chi connectivity index (χ3v) is 22.4. The van der Waals surface area contributed by atoms with Crippen LogP contribution in [0.25, 0.3) is 11.2 Å². The van der Waals surface area contributed by atoms with E-state index in [0.29, 0.717) is 11.4 Å². The van der Waals surface area contributed by atoms with Crippen LogP contribution in [0.5, 0.6) is 0 Å². The molecule has 65 heteroatoms. The second kappa shape index (κ2) is 68.5. The average Bonchev–Trinajstić information content (AvgIpc) is 0.807. The number of hydrogen-bond donors (Lipinski definition) is 43. The van der Waals surface area contributed by atoms with Crippen LogP contribution in [0, 0.1) is 5.92 Å². The molecule has 0 radical (unpaired) electrons. The number of carbonyl (C=O) groups excluding carboxylic acids is 14. The van der Waals surface area contributed by atoms with E-state index in [1.165, 1.54) is 44.4 Å². The number of fused-ring (bicyclic) bond motifs is 1. The highest BCUT2D eigenvalue weighted by Crippen LogP contribution is 2.18. The molecule has 1 aromatic carbocycles. The van der Waals surface area contributed by atoms with Gasteiger partial charge < -0.3 is 214 Å². The second-order valence-corrected chi connectivity index (χ2v) is 34.1. The van der Waals surface area contributed by atoms with E-state index in [1.807, 2.05) is 0 Å². The van der Waals surface area contributed by atoms with E-state index in [-0.39, 0.29) is 61.4 Å². The molecule has 44 N–H and O–H groups in total. The standard InChI is InChI=1S/C53H80N16O24.C31H55N5O19S/c1-56-46(86)26(3-2-16-57-53(55)93)64-48(88)28(9-13-36(77)60-20-32(73)41(82)43(84)34(75)22-71)65-49(89)29(11-15-38(79)80)66-47(87)27(8-12-35(76)59-19-31(72)40(81)42(83)33(74)21-70)63-37(78)14-10-30(51(91)92)67-45(85)23-4-6-24(7-5-23)58-17-25-18-61-44-39(62-25)50(90)69-52(54)68-44;1-13(2-5-21(43)32-8-17(39)24(47)26(49)19(41)10-37)28(51)34-15(4-7-23(45)46)29(52)35-14(30(53)36-16(12-56)31(54)55)3-6-22(44)33-9-18(40)25(48)27(50)20(42)11-38/h4-7,18,26-34,40-43,58,70-75,81-84H,2-3,8-17,19-22H2,1H3,(H,56,86)(H,59,76)(H,60,77)(H,63,78)(H,64,88)(H,65,89)(H,66,87)(H,67,85)(H,79,80)(H,91,92)(H3,55,57,93)(H3,54,61,68,69,90);13-20,24-27,37-42,47-50,56H,2-12H2,1H3,(H,32,43)(H,33,44)(H,34,51)(H,35,52)(H,36,53)(H,45,46)(H,54,55)/t26-,27-,28-,29-,30-,31-,32-,33+,34+,40+,41+,42+,43+;13-,14-,15-,16-,17-,18-,19+,20+,24+,25+,26+,27+/m00/s1. The summed E-state index contributed by atoms with van der Waals surface area (Å²) in [6, 6.07) is -9.11. The summed E-state index contributed by atoms with van der Waals surface area (Å²) in [6.45, 7) is -5.44. The Morgan fingerprint density at radius 1 is 0.383 bits per heavy atom. The molecule has 0 saturated carbocycles. The minimum Gasteiger partial charge on any atom is -0.481 e. The molecule has 0 saturated heterocycles. The number of nitrogens with zero attached hydrogens (tertiary/aromatic N) is 3. The maximum Gasteiger partial charge on any atom is 0.327 e. The third kappa shape index (κ3) is 48.8. The molecule has 3 rings (SSSR count). The molecule has 840 valence electrons. The first-order chi connectivity index (χ1) is 70.0. The average molecular weight is 2160 g/mol. The highest BCUT2D eigenvalue weighted by atomic mass is 32.1. The fourth-order valence-electron chi connectivity index (χ4n) is 13.0. The minimum atomic E-state index is -2.12. The normalized spacial score (nSPS) is 16.3. The summed E-state index contributed by atoms with van der Waals surface area (Å²) in [5.41, 5.74) is 10.7. The van der Waals surface area contributed by atoms with Gasteiger partial charge in [-0.3, -0.25) is 81.7 Å². The van der Waals surface area contributed by atoms with Crippen LogP contribution < -0.4 is 96.8 Å². The number of aromatic amines is 1. The van der Waals surface area contributed by atoms with Crippen molar-refractivity contribution >= 4 is 142 Å². The monoisotopic (exact) mass is 2160 g/mol. The van der Waals surface area contributed by atoms with Crippen molar-refractivity contribution < 1.29 is 209 Å². The van der Waals surface area contributed by atoms with Crippen LogP contribution in [-0.2, 0) is 83.3 Å². The number of carboxylic acids is 4. The van der Waals surface area contributed by atoms with E-state index >= 15 is 0 Å². The quantitative estimate of drug-likeness (QED) is 0.0184. The second-order valence-electron chi connectivity index (χ2n) is 33.7. The van der Waals surface area contributed by atoms with Crippen LogP contribution in [0.3, 0.4) is 0 Å². The Morgan fingerprint density at radius 2 is 0.705 bits per heavy atom. The highest BCUT2D eigenvalue weighted by molar-refractivity contribution is 7.80. The first-order valence-electron chi connectivity index (χ1n) is 45.9. The lowest BCUT2D eigenvalue weighted by Gasteiger charge is -2.27. The number of aliphatic hydroxyl groups excluding tert-OH is 20. The lowest BCUT2D eigenvalue weighted by Crippen LogP contribution is -2.58. The molecule has 0 aliphatic carbocycles. The van der Waals surface area contributed by atoms with Gasteiger partial charge in [0.1, 0.15) is 122 Å². The number of hydrogen-bond acceptors (Lipinski definition) is 45. The largest absolute Gasteiger partial charge is 0.481 e. The molecule has 149 heavy (non-hydrogen) atoms. The van der Waals surface area contributed by atoms with Gasteiger partial charge in [0.15, 0.2) is 11.2 Å². The van der Waals surface area contributed by atoms with Crippen LogP contribution in [0.2, 0.25) is 0 Å². The van der Waals surface area contributed by atoms with E-state index in [9.17, 15) is 193 Å². The summed E-state index contributed by atoms with van der Waals surface area (Å²) < 4.78 is 0. The number of aliphatic hydroxyl groups is 20. The fourth-order valence-corrected chi connectivity index (χ4v) is 13.2. The Labute approximate surface area is 851 Å². The minimum absolute atomic E-state index is 0.0168. The number of aromatic nitrogens is 4. The van der Waals surface area contributed by atoms with Crippen molar-refractivity contribution in [3.63, 3.8) is 0 Å². The molecule has 2 aromatic heterocycles. The number of primary amides is 1. The summed E-state index contributed by atoms with van der Waals surface area (Å²) in [6.07, 6.45) is -38.6. The molecular formula is C84H135N21O43S. The SMILES string of the molecule is CNC(=O)[C@H](CCCNC(N)=O)NC(=O)[C@H](CCC(=O)NC[C@H](O)[C@@H](O)[C@H](O)[C@H](O)CO)NC(=O)[C@H](CCC(=O)O)NC(=O)[C@H](CCC(=O)NC[C@H](O)[C@@H](O)[C@H](O)[C@H](O)CO)NC(=O)CC[C@H](NC(=O)c1ccc(NCc2cnc3nc(N)[nH]c(=O)c3n2)cc1)C(=O)O.C[C@@H](CCC(=O)NC[C@H](O)[C@@H](O)[C@H](O)[C@H](O)CO)C(=O)N[C@@H](CCC(=O)O)C(=O)N[C@@H](CCC(=O)NC[C@H](O)[C@@H](O)[C@H](O)[C@H](O)CO)C(=O)N[C@@H](CS)C(=O)O. The number of urea groups is 1. The van der Waals surface area contributed by atoms with Gasteiger partial charge in [0.2, 0.25) is 76.8 Å². The lowest BCUT2D eigenvalue weighted by atomic mass is 10.0. The van der Waals surface area contributed by atoms with Crippen LogP contribution in [0.15, 0.2) is 35.3 Å². The van der Waals surface area contributed by atoms with Crippen LogP contribution >= 0.6 is 12.6 Å². The smallest absolute Gasteiger partial charge is 0.327 e. The first kappa shape index (κ1) is 132. The Morgan fingerprint density at radius 3 is 1.05 bits per heavy atom. The molecule has 0 bridgehead atoms. The Bertz CT molecular complexity index is 4910. The van der Waals surface area contributed by atoms with Gasteiger partial charge in [0.25, 0.3) is 11.5 Å². The molecule has 0 aliphatic heterocycles. The third-order valence-electron chi connectivity index (χ3n) is 22.1. The molecule has 0 fully saturated rings. The molecule has 15 amide bonds. The zero-order valence-electron chi connectivity index (χ0n) is 80.3. The number of carbonyl (C=O) groups is 18. The van der Waals surface area contributed by atoms with E-state index in [1.54, 1.807) is 0 Å². The number of benzene rings is 1. The number of amides is 15. The zero-order valence-corrected chi connectivity index (χ0v) is 81.2. The fraction of sp³-hybridized carbons (Fsp3) is 0.643. The van der Waals surface area contributed by atoms with Crippen molar-refractivity contribution in [1.29, 1.82) is 0 Å². The van der Waals surface area contributed by atoms with Crippen molar-refractivity contribution in [3.05, 3.63) is 52.1 Å². The van der Waals surface area contributed by atoms with Gasteiger partial charge in [-0.1, -0.05) is 6.92 Å². The van der Waals surface area contributed by atoms with Gasteiger partial charge in [0, 0.05) is 108 Å². The van der Waals surface area contributed by atoms with Crippen molar-refractivity contribution in [1.82, 2.24) is 94.4 Å². The van der Waals surface area contributed by atoms with Gasteiger partial charge >= 0.3 is 29.9 Å². The predicted octanol–water partition coefficient (Wildman–Crippen LogP) is -18.8. The zero-order chi connectivity index (χ0) is 113. The van der Waals surface area contributed by atoms with Crippen molar-refractivity contribution in [2.75, 3.05) is 83.0 Å². The highest BCUT2D eigenvalue weighted by Gasteiger charge is 2.40. The maximum atomic E-state index is 14.3. The number of thiol groups is 1. The van der Waals surface area contributed by atoms with E-state index in [0.717, 1.165) is 0 Å².